The van der Waals surface area contributed by atoms with Crippen LogP contribution in [-0.4, -0.2) is 27.9 Å². The number of esters is 1. The Morgan fingerprint density at radius 3 is 2.55 bits per heavy atom. The summed E-state index contributed by atoms with van der Waals surface area (Å²) in [5.41, 5.74) is 3.20. The predicted octanol–water partition coefficient (Wildman–Crippen LogP) is 5.46. The van der Waals surface area contributed by atoms with Gasteiger partial charge in [-0.05, 0) is 36.8 Å². The number of aromatic amines is 1. The van der Waals surface area contributed by atoms with Crippen LogP contribution in [-0.2, 0) is 9.53 Å². The number of nitrogens with one attached hydrogen (secondary N) is 2. The Morgan fingerprint density at radius 1 is 1.06 bits per heavy atom. The Balaban J connectivity index is 1.50. The number of hydrogen-bond donors (Lipinski definition) is 2. The van der Waals surface area contributed by atoms with Gasteiger partial charge in [0.05, 0.1) is 27.3 Å². The van der Waals surface area contributed by atoms with E-state index >= 15 is 0 Å². The van der Waals surface area contributed by atoms with Crippen molar-refractivity contribution in [2.24, 2.45) is 0 Å². The summed E-state index contributed by atoms with van der Waals surface area (Å²) < 4.78 is 5.47. The number of benzene rings is 3. The number of amides is 1. The summed E-state index contributed by atoms with van der Waals surface area (Å²) in [6.07, 6.45) is -0.618. The molecule has 0 fully saturated rings. The fourth-order valence-electron chi connectivity index (χ4n) is 3.16. The van der Waals surface area contributed by atoms with Crippen LogP contribution in [0, 0.1) is 0 Å². The highest BCUT2D eigenvalue weighted by Crippen LogP contribution is 2.23. The van der Waals surface area contributed by atoms with Gasteiger partial charge in [0.1, 0.15) is 5.82 Å². The molecule has 0 aliphatic heterocycles. The lowest BCUT2D eigenvalue weighted by atomic mass is 10.2. The Morgan fingerprint density at radius 2 is 1.81 bits per heavy atom. The van der Waals surface area contributed by atoms with Crippen molar-refractivity contribution in [2.45, 2.75) is 19.4 Å². The molecule has 4 rings (SSSR count). The molecule has 4 aromatic rings. The van der Waals surface area contributed by atoms with Gasteiger partial charge in [0.2, 0.25) is 0 Å². The molecule has 0 aliphatic carbocycles. The molecule has 0 radical (unpaired) electrons. The summed E-state index contributed by atoms with van der Waals surface area (Å²) in [6, 6.07) is 21.7. The number of halogens is 1. The normalized spacial score (nSPS) is 11.8. The monoisotopic (exact) mass is 433 g/mol. The number of nitrogens with zero attached hydrogens (tertiary/aromatic N) is 1. The second-order valence-corrected chi connectivity index (χ2v) is 7.36. The number of aromatic nitrogens is 2. The first-order valence-corrected chi connectivity index (χ1v) is 10.2. The Kier molecular flexibility index (Phi) is 6.00. The van der Waals surface area contributed by atoms with E-state index < -0.39 is 18.0 Å². The van der Waals surface area contributed by atoms with Gasteiger partial charge in [-0.15, -0.1) is 0 Å². The maximum absolute atomic E-state index is 12.7. The van der Waals surface area contributed by atoms with Gasteiger partial charge in [-0.2, -0.15) is 0 Å². The molecule has 0 bridgehead atoms. The molecule has 2 N–H and O–H groups in total. The minimum absolute atomic E-state index is 0.326. The third-order valence-corrected chi connectivity index (χ3v) is 5.14. The molecule has 1 atom stereocenters. The van der Waals surface area contributed by atoms with Crippen LogP contribution >= 0.6 is 11.6 Å². The van der Waals surface area contributed by atoms with Crippen LogP contribution in [0.4, 0.5) is 5.69 Å². The lowest BCUT2D eigenvalue weighted by Gasteiger charge is -2.16. The van der Waals surface area contributed by atoms with E-state index in [2.05, 4.69) is 15.3 Å². The second-order valence-electron chi connectivity index (χ2n) is 6.95. The van der Waals surface area contributed by atoms with Crippen molar-refractivity contribution >= 4 is 40.2 Å². The molecule has 0 spiro atoms. The molecule has 31 heavy (non-hydrogen) atoms. The van der Waals surface area contributed by atoms with Gasteiger partial charge >= 0.3 is 5.97 Å². The smallest absolute Gasteiger partial charge is 0.338 e. The van der Waals surface area contributed by atoms with E-state index in [1.807, 2.05) is 30.3 Å². The third-order valence-electron chi connectivity index (χ3n) is 4.81. The van der Waals surface area contributed by atoms with Crippen molar-refractivity contribution in [1.82, 2.24) is 9.97 Å². The molecule has 3 aromatic carbocycles. The molecule has 0 saturated heterocycles. The highest BCUT2D eigenvalue weighted by atomic mass is 35.5. The first-order chi connectivity index (χ1) is 15.0. The molecule has 0 aliphatic rings. The Bertz CT molecular complexity index is 1240. The largest absolute Gasteiger partial charge is 0.449 e. The predicted molar refractivity (Wildman–Crippen MR) is 121 cm³/mol. The van der Waals surface area contributed by atoms with Crippen LogP contribution in [0.3, 0.4) is 0 Å². The highest BCUT2D eigenvalue weighted by molar-refractivity contribution is 6.33. The van der Waals surface area contributed by atoms with E-state index in [0.29, 0.717) is 34.0 Å². The number of anilines is 1. The molecule has 1 amide bonds. The van der Waals surface area contributed by atoms with Gasteiger partial charge < -0.3 is 15.0 Å². The molecule has 1 unspecified atom stereocenters. The first-order valence-electron chi connectivity index (χ1n) is 9.86. The number of rotatable bonds is 6. The highest BCUT2D eigenvalue weighted by Gasteiger charge is 2.23. The molecular weight excluding hydrogens is 414 g/mol. The van der Waals surface area contributed by atoms with Gasteiger partial charge in [0.25, 0.3) is 5.91 Å². The van der Waals surface area contributed by atoms with Crippen LogP contribution in [0.5, 0.6) is 0 Å². The molecule has 1 heterocycles. The summed E-state index contributed by atoms with van der Waals surface area (Å²) in [5.74, 6) is -0.302. The standard InChI is InChI=1S/C24H20ClN3O3/c1-2-21(23(29)28-18-11-7-6-10-17(18)25)31-24(30)16-12-13-19-20(14-16)27-22(26-19)15-8-4-3-5-9-15/h3-14,21H,2H2,1H3,(H,26,27)(H,28,29). The van der Waals surface area contributed by atoms with E-state index in [-0.39, 0.29) is 0 Å². The summed E-state index contributed by atoms with van der Waals surface area (Å²) in [5, 5.41) is 3.12. The van der Waals surface area contributed by atoms with Crippen molar-refractivity contribution in [3.63, 3.8) is 0 Å². The first kappa shape index (κ1) is 20.6. The summed E-state index contributed by atoms with van der Waals surface area (Å²) in [7, 11) is 0. The fourth-order valence-corrected chi connectivity index (χ4v) is 3.35. The Hall–Kier alpha value is -3.64. The van der Waals surface area contributed by atoms with Crippen LogP contribution in [0.1, 0.15) is 23.7 Å². The fraction of sp³-hybridized carbons (Fsp3) is 0.125. The average Bonchev–Trinajstić information content (AvgIpc) is 3.23. The van der Waals surface area contributed by atoms with Gasteiger partial charge in [-0.25, -0.2) is 9.78 Å². The summed E-state index contributed by atoms with van der Waals surface area (Å²) in [6.45, 7) is 1.77. The van der Waals surface area contributed by atoms with Gasteiger partial charge in [-0.1, -0.05) is 61.0 Å². The zero-order valence-electron chi connectivity index (χ0n) is 16.8. The number of hydrogen-bond acceptors (Lipinski definition) is 4. The van der Waals surface area contributed by atoms with Crippen molar-refractivity contribution in [3.8, 4) is 11.4 Å². The number of carbonyl (C=O) groups is 2. The van der Waals surface area contributed by atoms with Crippen LogP contribution in [0.15, 0.2) is 72.8 Å². The third kappa shape index (κ3) is 4.59. The zero-order chi connectivity index (χ0) is 21.8. The van der Waals surface area contributed by atoms with E-state index in [1.165, 1.54) is 0 Å². The minimum atomic E-state index is -0.943. The molecule has 6 nitrogen and oxygen atoms in total. The SMILES string of the molecule is CCC(OC(=O)c1ccc2nc(-c3ccccc3)[nH]c2c1)C(=O)Nc1ccccc1Cl. The molecular formula is C24H20ClN3O3. The summed E-state index contributed by atoms with van der Waals surface area (Å²) >= 11 is 6.09. The molecule has 7 heteroatoms. The average molecular weight is 434 g/mol. The van der Waals surface area contributed by atoms with Crippen LogP contribution < -0.4 is 5.32 Å². The van der Waals surface area contributed by atoms with Crippen LogP contribution in [0.2, 0.25) is 5.02 Å². The molecule has 156 valence electrons. The topological polar surface area (TPSA) is 84.1 Å². The summed E-state index contributed by atoms with van der Waals surface area (Å²) in [4.78, 5) is 33.1. The van der Waals surface area contributed by atoms with Crippen molar-refractivity contribution in [3.05, 3.63) is 83.4 Å². The van der Waals surface area contributed by atoms with Crippen molar-refractivity contribution in [1.29, 1.82) is 0 Å². The molecule has 0 saturated carbocycles. The number of H-pyrrole nitrogens is 1. The quantitative estimate of drug-likeness (QED) is 0.395. The lowest BCUT2D eigenvalue weighted by molar-refractivity contribution is -0.124. The lowest BCUT2D eigenvalue weighted by Crippen LogP contribution is -2.32. The maximum atomic E-state index is 12.7. The zero-order valence-corrected chi connectivity index (χ0v) is 17.5. The number of fused-ring (bicyclic) bond motifs is 1. The van der Waals surface area contributed by atoms with E-state index in [4.69, 9.17) is 16.3 Å². The van der Waals surface area contributed by atoms with E-state index in [0.717, 1.165) is 11.1 Å². The Labute approximate surface area is 184 Å². The molecule has 1 aromatic heterocycles. The van der Waals surface area contributed by atoms with E-state index in [1.54, 1.807) is 49.4 Å². The van der Waals surface area contributed by atoms with Gasteiger partial charge in [0.15, 0.2) is 6.10 Å². The van der Waals surface area contributed by atoms with Crippen molar-refractivity contribution < 1.29 is 14.3 Å². The number of imidazole rings is 1. The second kappa shape index (κ2) is 9.02. The van der Waals surface area contributed by atoms with Crippen molar-refractivity contribution in [2.75, 3.05) is 5.32 Å². The van der Waals surface area contributed by atoms with Gasteiger partial charge in [-0.3, -0.25) is 4.79 Å². The van der Waals surface area contributed by atoms with Gasteiger partial charge in [0, 0.05) is 5.56 Å². The van der Waals surface area contributed by atoms with Crippen LogP contribution in [0.25, 0.3) is 22.4 Å². The number of para-hydroxylation sites is 1. The maximum Gasteiger partial charge on any atom is 0.338 e. The number of carbonyl (C=O) groups excluding carboxylic acids is 2. The van der Waals surface area contributed by atoms with E-state index in [9.17, 15) is 9.59 Å². The number of ether oxygens (including phenoxy) is 1. The minimum Gasteiger partial charge on any atom is -0.449 e.